The van der Waals surface area contributed by atoms with Gasteiger partial charge in [0.25, 0.3) is 0 Å². The van der Waals surface area contributed by atoms with E-state index in [-0.39, 0.29) is 5.88 Å². The van der Waals surface area contributed by atoms with Crippen LogP contribution < -0.4 is 4.74 Å². The molecule has 2 rings (SSSR count). The number of aryl methyl sites for hydroxylation is 2. The summed E-state index contributed by atoms with van der Waals surface area (Å²) in [5.41, 5.74) is 1.89. The van der Waals surface area contributed by atoms with Crippen LogP contribution in [0.2, 0.25) is 0 Å². The standard InChI is InChI=1S/C15H16N2O3/c18-15(19)20-14-12(7-5-11-17-14)6-1-2-8-13-9-3-4-10-16-13/h3-5,7,9-11H,1-2,6,8H2,(H,18,19). The van der Waals surface area contributed by atoms with E-state index in [1.54, 1.807) is 12.3 Å². The molecule has 2 aromatic rings. The molecule has 0 bridgehead atoms. The molecule has 2 aromatic heterocycles. The Morgan fingerprint density at radius 2 is 1.85 bits per heavy atom. The summed E-state index contributed by atoms with van der Waals surface area (Å²) in [6.45, 7) is 0. The largest absolute Gasteiger partial charge is 0.512 e. The summed E-state index contributed by atoms with van der Waals surface area (Å²) in [5.74, 6) is 0.179. The lowest BCUT2D eigenvalue weighted by atomic mass is 10.1. The van der Waals surface area contributed by atoms with Crippen molar-refractivity contribution in [2.45, 2.75) is 25.7 Å². The molecule has 5 nitrogen and oxygen atoms in total. The Kier molecular flexibility index (Phi) is 5.06. The van der Waals surface area contributed by atoms with E-state index in [9.17, 15) is 4.79 Å². The number of ether oxygens (including phenoxy) is 1. The van der Waals surface area contributed by atoms with Gasteiger partial charge in [-0.1, -0.05) is 12.1 Å². The van der Waals surface area contributed by atoms with Crippen LogP contribution in [0.5, 0.6) is 5.88 Å². The summed E-state index contributed by atoms with van der Waals surface area (Å²) in [6.07, 6.45) is 5.54. The predicted molar refractivity (Wildman–Crippen MR) is 73.8 cm³/mol. The fourth-order valence-corrected chi connectivity index (χ4v) is 1.96. The maximum atomic E-state index is 10.6. The van der Waals surface area contributed by atoms with Crippen molar-refractivity contribution in [3.63, 3.8) is 0 Å². The van der Waals surface area contributed by atoms with Gasteiger partial charge in [-0.05, 0) is 43.9 Å². The molecule has 0 saturated heterocycles. The van der Waals surface area contributed by atoms with Crippen molar-refractivity contribution >= 4 is 6.16 Å². The van der Waals surface area contributed by atoms with Crippen LogP contribution in [0, 0.1) is 0 Å². The van der Waals surface area contributed by atoms with E-state index in [4.69, 9.17) is 5.11 Å². The molecule has 0 atom stereocenters. The van der Waals surface area contributed by atoms with Crippen molar-refractivity contribution in [3.8, 4) is 5.88 Å². The highest BCUT2D eigenvalue weighted by molar-refractivity contribution is 5.60. The van der Waals surface area contributed by atoms with Gasteiger partial charge in [0, 0.05) is 23.7 Å². The zero-order valence-corrected chi connectivity index (χ0v) is 11.0. The molecule has 0 aliphatic rings. The number of carbonyl (C=O) groups is 1. The zero-order chi connectivity index (χ0) is 14.2. The van der Waals surface area contributed by atoms with Gasteiger partial charge in [-0.3, -0.25) is 4.98 Å². The van der Waals surface area contributed by atoms with Crippen LogP contribution in [0.25, 0.3) is 0 Å². The molecule has 104 valence electrons. The van der Waals surface area contributed by atoms with E-state index >= 15 is 0 Å². The summed E-state index contributed by atoms with van der Waals surface area (Å²) in [7, 11) is 0. The third-order valence-corrected chi connectivity index (χ3v) is 2.89. The molecule has 0 aromatic carbocycles. The molecule has 0 aliphatic heterocycles. The quantitative estimate of drug-likeness (QED) is 0.646. The minimum atomic E-state index is -1.33. The Morgan fingerprint density at radius 3 is 2.60 bits per heavy atom. The summed E-state index contributed by atoms with van der Waals surface area (Å²) >= 11 is 0. The normalized spacial score (nSPS) is 10.2. The summed E-state index contributed by atoms with van der Waals surface area (Å²) in [5, 5.41) is 8.64. The fraction of sp³-hybridized carbons (Fsp3) is 0.267. The molecule has 0 radical (unpaired) electrons. The Hall–Kier alpha value is -2.43. The van der Waals surface area contributed by atoms with E-state index in [1.165, 1.54) is 6.20 Å². The number of carboxylic acid groups (broad SMARTS) is 1. The summed E-state index contributed by atoms with van der Waals surface area (Å²) in [6, 6.07) is 9.49. The fourth-order valence-electron chi connectivity index (χ4n) is 1.96. The molecule has 0 amide bonds. The molecule has 0 fully saturated rings. The van der Waals surface area contributed by atoms with E-state index in [0.29, 0.717) is 0 Å². The maximum Gasteiger partial charge on any atom is 0.512 e. The van der Waals surface area contributed by atoms with Crippen LogP contribution in [0.1, 0.15) is 24.1 Å². The minimum absolute atomic E-state index is 0.179. The van der Waals surface area contributed by atoms with Crippen molar-refractivity contribution in [2.24, 2.45) is 0 Å². The Labute approximate surface area is 117 Å². The van der Waals surface area contributed by atoms with Crippen molar-refractivity contribution in [1.29, 1.82) is 0 Å². The van der Waals surface area contributed by atoms with Gasteiger partial charge in [0.15, 0.2) is 0 Å². The molecular weight excluding hydrogens is 256 g/mol. The van der Waals surface area contributed by atoms with Gasteiger partial charge in [0.2, 0.25) is 5.88 Å². The summed E-state index contributed by atoms with van der Waals surface area (Å²) in [4.78, 5) is 18.8. The highest BCUT2D eigenvalue weighted by atomic mass is 16.7. The number of unbranched alkanes of at least 4 members (excludes halogenated alkanes) is 1. The van der Waals surface area contributed by atoms with Crippen LogP contribution in [0.3, 0.4) is 0 Å². The number of rotatable bonds is 6. The lowest BCUT2D eigenvalue weighted by molar-refractivity contribution is 0.142. The van der Waals surface area contributed by atoms with Crippen molar-refractivity contribution in [3.05, 3.63) is 54.0 Å². The topological polar surface area (TPSA) is 72.3 Å². The van der Waals surface area contributed by atoms with Crippen LogP contribution in [0.15, 0.2) is 42.7 Å². The second-order valence-corrected chi connectivity index (χ2v) is 4.36. The molecule has 2 heterocycles. The molecule has 0 unspecified atom stereocenters. The van der Waals surface area contributed by atoms with Crippen LogP contribution in [-0.4, -0.2) is 21.2 Å². The molecule has 0 spiro atoms. The number of aromatic nitrogens is 2. The third-order valence-electron chi connectivity index (χ3n) is 2.89. The van der Waals surface area contributed by atoms with E-state index in [2.05, 4.69) is 14.7 Å². The van der Waals surface area contributed by atoms with Crippen LogP contribution >= 0.6 is 0 Å². The van der Waals surface area contributed by atoms with Gasteiger partial charge in [0.05, 0.1) is 0 Å². The number of hydrogen-bond donors (Lipinski definition) is 1. The predicted octanol–water partition coefficient (Wildman–Crippen LogP) is 3.10. The lowest BCUT2D eigenvalue weighted by Crippen LogP contribution is -2.07. The highest BCUT2D eigenvalue weighted by Gasteiger charge is 2.08. The first kappa shape index (κ1) is 14.0. The van der Waals surface area contributed by atoms with E-state index in [1.807, 2.05) is 24.3 Å². The third kappa shape index (κ3) is 4.35. The molecule has 0 saturated carbocycles. The zero-order valence-electron chi connectivity index (χ0n) is 11.0. The molecule has 1 N–H and O–H groups in total. The first-order chi connectivity index (χ1) is 9.75. The number of pyridine rings is 2. The first-order valence-electron chi connectivity index (χ1n) is 6.50. The van der Waals surface area contributed by atoms with E-state index < -0.39 is 6.16 Å². The second kappa shape index (κ2) is 7.23. The van der Waals surface area contributed by atoms with Gasteiger partial charge in [-0.25, -0.2) is 9.78 Å². The molecular formula is C15H16N2O3. The smallest absolute Gasteiger partial charge is 0.449 e. The van der Waals surface area contributed by atoms with Crippen molar-refractivity contribution < 1.29 is 14.6 Å². The van der Waals surface area contributed by atoms with Gasteiger partial charge < -0.3 is 9.84 Å². The van der Waals surface area contributed by atoms with Crippen LogP contribution in [-0.2, 0) is 12.8 Å². The second-order valence-electron chi connectivity index (χ2n) is 4.36. The Balaban J connectivity index is 1.83. The molecule has 5 heteroatoms. The van der Waals surface area contributed by atoms with Gasteiger partial charge in [0.1, 0.15) is 0 Å². The minimum Gasteiger partial charge on any atom is -0.449 e. The van der Waals surface area contributed by atoms with Gasteiger partial charge in [-0.15, -0.1) is 0 Å². The summed E-state index contributed by atoms with van der Waals surface area (Å²) < 4.78 is 4.65. The number of nitrogens with zero attached hydrogens (tertiary/aromatic N) is 2. The first-order valence-corrected chi connectivity index (χ1v) is 6.50. The van der Waals surface area contributed by atoms with Gasteiger partial charge >= 0.3 is 6.16 Å². The molecule has 0 aliphatic carbocycles. The monoisotopic (exact) mass is 272 g/mol. The van der Waals surface area contributed by atoms with Gasteiger partial charge in [-0.2, -0.15) is 0 Å². The van der Waals surface area contributed by atoms with E-state index in [0.717, 1.165) is 36.9 Å². The average molecular weight is 272 g/mol. The Bertz CT molecular complexity index is 558. The average Bonchev–Trinajstić information content (AvgIpc) is 2.46. The highest BCUT2D eigenvalue weighted by Crippen LogP contribution is 2.17. The lowest BCUT2D eigenvalue weighted by Gasteiger charge is -2.06. The number of hydrogen-bond acceptors (Lipinski definition) is 4. The van der Waals surface area contributed by atoms with Crippen molar-refractivity contribution in [1.82, 2.24) is 9.97 Å². The Morgan fingerprint density at radius 1 is 1.05 bits per heavy atom. The SMILES string of the molecule is O=C(O)Oc1ncccc1CCCCc1ccccn1. The molecule has 20 heavy (non-hydrogen) atoms. The van der Waals surface area contributed by atoms with Crippen molar-refractivity contribution in [2.75, 3.05) is 0 Å². The maximum absolute atomic E-state index is 10.6. The van der Waals surface area contributed by atoms with Crippen LogP contribution in [0.4, 0.5) is 4.79 Å².